The van der Waals surface area contributed by atoms with Gasteiger partial charge < -0.3 is 5.11 Å². The lowest BCUT2D eigenvalue weighted by molar-refractivity contribution is 0.0696. The largest absolute Gasteiger partial charge is 0.478 e. The molecule has 0 aromatic heterocycles. The van der Waals surface area contributed by atoms with Crippen molar-refractivity contribution in [3.05, 3.63) is 71.3 Å². The van der Waals surface area contributed by atoms with Gasteiger partial charge in [0.25, 0.3) is 0 Å². The number of allylic oxidation sites excluding steroid dienone is 1. The zero-order chi connectivity index (χ0) is 17.7. The molecule has 0 atom stereocenters. The summed E-state index contributed by atoms with van der Waals surface area (Å²) in [4.78, 5) is 22.9. The lowest BCUT2D eigenvalue weighted by Gasteiger charge is -2.03. The molecule has 0 amide bonds. The topological polar surface area (TPSA) is 101 Å². The van der Waals surface area contributed by atoms with Crippen LogP contribution in [0.1, 0.15) is 26.3 Å². The summed E-state index contributed by atoms with van der Waals surface area (Å²) in [6, 6.07) is 11.7. The molecule has 124 valence electrons. The zero-order valence-corrected chi connectivity index (χ0v) is 13.6. The maximum Gasteiger partial charge on any atom is 0.335 e. The molecule has 0 aliphatic heterocycles. The minimum atomic E-state index is -3.62. The van der Waals surface area contributed by atoms with Gasteiger partial charge in [0, 0.05) is 5.56 Å². The number of rotatable bonds is 6. The summed E-state index contributed by atoms with van der Waals surface area (Å²) in [6.45, 7) is 0. The Morgan fingerprint density at radius 1 is 1.04 bits per heavy atom. The summed E-state index contributed by atoms with van der Waals surface area (Å²) in [6.07, 6.45) is 2.84. The Hall–Kier alpha value is -2.77. The standard InChI is InChI=1S/C17H15NO5S/c1-18-24(22,23)15-4-2-3-14(11-15)16(19)10-7-12-5-8-13(9-6-12)17(20)21/h2-11,18H,1H3,(H,20,21)/b10-7+. The quantitative estimate of drug-likeness (QED) is 0.617. The van der Waals surface area contributed by atoms with Crippen LogP contribution in [0.15, 0.2) is 59.5 Å². The number of hydrogen-bond acceptors (Lipinski definition) is 4. The fourth-order valence-corrected chi connectivity index (χ4v) is 2.71. The molecule has 0 unspecified atom stereocenters. The van der Waals surface area contributed by atoms with E-state index in [1.54, 1.807) is 12.1 Å². The van der Waals surface area contributed by atoms with E-state index >= 15 is 0 Å². The number of carbonyl (C=O) groups excluding carboxylic acids is 1. The number of carboxylic acid groups (broad SMARTS) is 1. The zero-order valence-electron chi connectivity index (χ0n) is 12.8. The minimum Gasteiger partial charge on any atom is -0.478 e. The number of carbonyl (C=O) groups is 2. The Kier molecular flexibility index (Phi) is 5.28. The molecule has 0 aliphatic carbocycles. The lowest BCUT2D eigenvalue weighted by Crippen LogP contribution is -2.18. The van der Waals surface area contributed by atoms with Crippen LogP contribution in [-0.2, 0) is 10.0 Å². The number of hydrogen-bond donors (Lipinski definition) is 2. The Balaban J connectivity index is 2.20. The molecule has 0 spiro atoms. The van der Waals surface area contributed by atoms with E-state index in [4.69, 9.17) is 5.11 Å². The summed E-state index contributed by atoms with van der Waals surface area (Å²) < 4.78 is 25.7. The van der Waals surface area contributed by atoms with Gasteiger partial charge in [0.2, 0.25) is 10.0 Å². The van der Waals surface area contributed by atoms with E-state index in [9.17, 15) is 18.0 Å². The van der Waals surface area contributed by atoms with Crippen LogP contribution in [0.2, 0.25) is 0 Å². The molecule has 6 nitrogen and oxygen atoms in total. The van der Waals surface area contributed by atoms with Crippen molar-refractivity contribution in [2.75, 3.05) is 7.05 Å². The minimum absolute atomic E-state index is 0.00932. The fourth-order valence-electron chi connectivity index (χ4n) is 1.94. The number of nitrogens with one attached hydrogen (secondary N) is 1. The molecule has 2 N–H and O–H groups in total. The molecule has 0 radical (unpaired) electrons. The molecular weight excluding hydrogens is 330 g/mol. The second-order valence-electron chi connectivity index (χ2n) is 4.86. The van der Waals surface area contributed by atoms with Crippen molar-refractivity contribution in [3.63, 3.8) is 0 Å². The number of benzene rings is 2. The van der Waals surface area contributed by atoms with Gasteiger partial charge in [-0.1, -0.05) is 30.3 Å². The van der Waals surface area contributed by atoms with Gasteiger partial charge in [-0.25, -0.2) is 17.9 Å². The highest BCUT2D eigenvalue weighted by Crippen LogP contribution is 2.13. The number of sulfonamides is 1. The van der Waals surface area contributed by atoms with Crippen LogP contribution in [0.4, 0.5) is 0 Å². The van der Waals surface area contributed by atoms with Crippen LogP contribution in [0, 0.1) is 0 Å². The van der Waals surface area contributed by atoms with Gasteiger partial charge in [0.1, 0.15) is 0 Å². The third-order valence-electron chi connectivity index (χ3n) is 3.28. The molecule has 0 saturated carbocycles. The summed E-state index contributed by atoms with van der Waals surface area (Å²) in [5.41, 5.74) is 1.06. The van der Waals surface area contributed by atoms with Crippen molar-refractivity contribution in [3.8, 4) is 0 Å². The molecule has 2 aromatic rings. The SMILES string of the molecule is CNS(=O)(=O)c1cccc(C(=O)/C=C/c2ccc(C(=O)O)cc2)c1. The van der Waals surface area contributed by atoms with E-state index in [1.807, 2.05) is 0 Å². The van der Waals surface area contributed by atoms with Gasteiger partial charge in [-0.05, 0) is 43.0 Å². The average molecular weight is 345 g/mol. The summed E-state index contributed by atoms with van der Waals surface area (Å²) >= 11 is 0. The van der Waals surface area contributed by atoms with E-state index in [0.29, 0.717) is 5.56 Å². The van der Waals surface area contributed by atoms with Crippen molar-refractivity contribution in [1.29, 1.82) is 0 Å². The first-order valence-corrected chi connectivity index (χ1v) is 8.41. The van der Waals surface area contributed by atoms with Crippen molar-refractivity contribution >= 4 is 27.9 Å². The van der Waals surface area contributed by atoms with Crippen LogP contribution in [0.5, 0.6) is 0 Å². The second-order valence-corrected chi connectivity index (χ2v) is 6.75. The highest BCUT2D eigenvalue weighted by molar-refractivity contribution is 7.89. The molecule has 24 heavy (non-hydrogen) atoms. The second kappa shape index (κ2) is 7.20. The molecule has 7 heteroatoms. The van der Waals surface area contributed by atoms with Gasteiger partial charge in [-0.3, -0.25) is 4.79 Å². The van der Waals surface area contributed by atoms with Gasteiger partial charge in [-0.15, -0.1) is 0 Å². The van der Waals surface area contributed by atoms with Gasteiger partial charge in [0.15, 0.2) is 5.78 Å². The van der Waals surface area contributed by atoms with Crippen LogP contribution >= 0.6 is 0 Å². The predicted octanol–water partition coefficient (Wildman–Crippen LogP) is 2.19. The molecule has 0 bridgehead atoms. The molecule has 0 saturated heterocycles. The maximum atomic E-state index is 12.2. The Morgan fingerprint density at radius 3 is 2.29 bits per heavy atom. The summed E-state index contributed by atoms with van der Waals surface area (Å²) in [7, 11) is -2.32. The van der Waals surface area contributed by atoms with E-state index in [1.165, 1.54) is 55.6 Å². The van der Waals surface area contributed by atoms with Crippen LogP contribution in [-0.4, -0.2) is 32.3 Å². The highest BCUT2D eigenvalue weighted by atomic mass is 32.2. The smallest absolute Gasteiger partial charge is 0.335 e. The van der Waals surface area contributed by atoms with Crippen LogP contribution in [0.25, 0.3) is 6.08 Å². The Bertz CT molecular complexity index is 899. The molecule has 2 aromatic carbocycles. The summed E-state index contributed by atoms with van der Waals surface area (Å²) in [5, 5.41) is 8.83. The summed E-state index contributed by atoms with van der Waals surface area (Å²) in [5.74, 6) is -1.38. The van der Waals surface area contributed by atoms with Gasteiger partial charge >= 0.3 is 5.97 Å². The average Bonchev–Trinajstić information content (AvgIpc) is 2.60. The molecule has 0 heterocycles. The van der Waals surface area contributed by atoms with E-state index in [0.717, 1.165) is 0 Å². The van der Waals surface area contributed by atoms with Crippen LogP contribution < -0.4 is 4.72 Å². The van der Waals surface area contributed by atoms with Crippen molar-refractivity contribution in [2.45, 2.75) is 4.90 Å². The monoisotopic (exact) mass is 345 g/mol. The first-order valence-electron chi connectivity index (χ1n) is 6.93. The fraction of sp³-hybridized carbons (Fsp3) is 0.0588. The van der Waals surface area contributed by atoms with Crippen molar-refractivity contribution < 1.29 is 23.1 Å². The third kappa shape index (κ3) is 4.15. The highest BCUT2D eigenvalue weighted by Gasteiger charge is 2.13. The molecule has 0 fully saturated rings. The Labute approximate surface area is 139 Å². The van der Waals surface area contributed by atoms with E-state index in [-0.39, 0.29) is 21.8 Å². The number of ketones is 1. The maximum absolute atomic E-state index is 12.2. The van der Waals surface area contributed by atoms with Gasteiger partial charge in [0.05, 0.1) is 10.5 Å². The van der Waals surface area contributed by atoms with E-state index < -0.39 is 16.0 Å². The third-order valence-corrected chi connectivity index (χ3v) is 4.69. The normalized spacial score (nSPS) is 11.5. The van der Waals surface area contributed by atoms with Gasteiger partial charge in [-0.2, -0.15) is 0 Å². The van der Waals surface area contributed by atoms with Crippen molar-refractivity contribution in [1.82, 2.24) is 4.72 Å². The first-order chi connectivity index (χ1) is 11.3. The molecule has 0 aliphatic rings. The van der Waals surface area contributed by atoms with Crippen molar-refractivity contribution in [2.24, 2.45) is 0 Å². The first kappa shape index (κ1) is 17.6. The molecule has 2 rings (SSSR count). The Morgan fingerprint density at radius 2 is 1.71 bits per heavy atom. The molecular formula is C17H15NO5S. The van der Waals surface area contributed by atoms with Crippen LogP contribution in [0.3, 0.4) is 0 Å². The lowest BCUT2D eigenvalue weighted by atomic mass is 10.1. The number of aromatic carboxylic acids is 1. The number of carboxylic acids is 1. The predicted molar refractivity (Wildman–Crippen MR) is 89.5 cm³/mol. The van der Waals surface area contributed by atoms with E-state index in [2.05, 4.69) is 4.72 Å².